The Morgan fingerprint density at radius 2 is 2.33 bits per heavy atom. The third-order valence-corrected chi connectivity index (χ3v) is 2.84. The minimum absolute atomic E-state index is 0.718. The van der Waals surface area contributed by atoms with Crippen LogP contribution in [0.15, 0.2) is 18.7 Å². The molecule has 15 heavy (non-hydrogen) atoms. The summed E-state index contributed by atoms with van der Waals surface area (Å²) < 4.78 is 1.01. The summed E-state index contributed by atoms with van der Waals surface area (Å²) in [5.41, 5.74) is 2.22. The van der Waals surface area contributed by atoms with Crippen LogP contribution in [-0.4, -0.2) is 20.2 Å². The van der Waals surface area contributed by atoms with Crippen molar-refractivity contribution in [2.45, 2.75) is 13.5 Å². The largest absolute Gasteiger partial charge is 0.365 e. The van der Waals surface area contributed by atoms with E-state index in [1.807, 2.05) is 13.1 Å². The second-order valence-corrected chi connectivity index (χ2v) is 4.26. The number of halogens is 1. The number of hydrogen-bond acceptors (Lipinski definition) is 4. The van der Waals surface area contributed by atoms with Crippen LogP contribution in [0.4, 0.5) is 5.82 Å². The van der Waals surface area contributed by atoms with E-state index in [2.05, 4.69) is 48.1 Å². The van der Waals surface area contributed by atoms with Gasteiger partial charge in [0, 0.05) is 24.0 Å². The van der Waals surface area contributed by atoms with Crippen molar-refractivity contribution in [3.8, 4) is 0 Å². The highest BCUT2D eigenvalue weighted by atomic mass is 127. The predicted molar refractivity (Wildman–Crippen MR) is 65.4 cm³/mol. The van der Waals surface area contributed by atoms with Crippen LogP contribution in [0.1, 0.15) is 11.3 Å². The number of aryl methyl sites for hydroxylation is 1. The Bertz CT molecular complexity index is 453. The van der Waals surface area contributed by atoms with Gasteiger partial charge < -0.3 is 5.32 Å². The minimum atomic E-state index is 0.718. The van der Waals surface area contributed by atoms with Gasteiger partial charge in [-0.1, -0.05) is 0 Å². The maximum Gasteiger partial charge on any atom is 0.143 e. The Hall–Kier alpha value is -1.18. The van der Waals surface area contributed by atoms with Gasteiger partial charge in [-0.15, -0.1) is 0 Å². The molecular formula is C9H10IN5. The number of H-pyrrole nitrogens is 1. The van der Waals surface area contributed by atoms with Crippen LogP contribution in [-0.2, 0) is 6.54 Å². The molecule has 78 valence electrons. The quantitative estimate of drug-likeness (QED) is 0.847. The average molecular weight is 315 g/mol. The van der Waals surface area contributed by atoms with Gasteiger partial charge in [0.25, 0.3) is 0 Å². The van der Waals surface area contributed by atoms with Crippen LogP contribution in [0.3, 0.4) is 0 Å². The Labute approximate surface area is 101 Å². The summed E-state index contributed by atoms with van der Waals surface area (Å²) in [5.74, 6) is 0.853. The van der Waals surface area contributed by atoms with Crippen LogP contribution in [0.25, 0.3) is 0 Å². The lowest BCUT2D eigenvalue weighted by molar-refractivity contribution is 1.03. The van der Waals surface area contributed by atoms with E-state index >= 15 is 0 Å². The topological polar surface area (TPSA) is 66.5 Å². The van der Waals surface area contributed by atoms with Crippen molar-refractivity contribution in [3.63, 3.8) is 0 Å². The van der Waals surface area contributed by atoms with Crippen molar-refractivity contribution < 1.29 is 0 Å². The molecular weight excluding hydrogens is 305 g/mol. The smallest absolute Gasteiger partial charge is 0.143 e. The Morgan fingerprint density at radius 3 is 3.00 bits per heavy atom. The molecule has 0 atom stereocenters. The summed E-state index contributed by atoms with van der Waals surface area (Å²) in [5, 5.41) is 10.1. The molecule has 0 bridgehead atoms. The Morgan fingerprint density at radius 1 is 1.47 bits per heavy atom. The van der Waals surface area contributed by atoms with Gasteiger partial charge in [0.05, 0.1) is 9.77 Å². The number of aromatic amines is 1. The molecule has 0 saturated carbocycles. The molecule has 6 heteroatoms. The molecule has 2 aromatic heterocycles. The number of nitrogens with one attached hydrogen (secondary N) is 2. The van der Waals surface area contributed by atoms with Crippen LogP contribution in [0, 0.1) is 10.5 Å². The fourth-order valence-corrected chi connectivity index (χ4v) is 1.67. The highest BCUT2D eigenvalue weighted by Crippen LogP contribution is 2.14. The first kappa shape index (κ1) is 10.3. The summed E-state index contributed by atoms with van der Waals surface area (Å²) in [6.07, 6.45) is 5.13. The van der Waals surface area contributed by atoms with Gasteiger partial charge in [-0.3, -0.25) is 5.10 Å². The van der Waals surface area contributed by atoms with Crippen LogP contribution in [0.2, 0.25) is 0 Å². The van der Waals surface area contributed by atoms with E-state index in [4.69, 9.17) is 0 Å². The van der Waals surface area contributed by atoms with Gasteiger partial charge in [-0.25, -0.2) is 9.97 Å². The van der Waals surface area contributed by atoms with Crippen LogP contribution < -0.4 is 5.32 Å². The summed E-state index contributed by atoms with van der Waals surface area (Å²) >= 11 is 2.20. The van der Waals surface area contributed by atoms with Crippen molar-refractivity contribution in [1.82, 2.24) is 20.2 Å². The first-order valence-corrected chi connectivity index (χ1v) is 5.53. The van der Waals surface area contributed by atoms with E-state index in [0.29, 0.717) is 0 Å². The highest BCUT2D eigenvalue weighted by molar-refractivity contribution is 14.1. The zero-order valence-corrected chi connectivity index (χ0v) is 10.3. The average Bonchev–Trinajstić information content (AvgIpc) is 2.63. The van der Waals surface area contributed by atoms with E-state index in [1.165, 1.54) is 6.33 Å². The molecule has 0 aliphatic rings. The molecule has 0 aliphatic carbocycles. The molecule has 0 aliphatic heterocycles. The standard InChI is InChI=1S/C9H10IN5/c1-6-7(3-14-15-6)2-12-9-8(10)4-11-5-13-9/h3-5H,2H2,1H3,(H,14,15)(H,11,12,13). The normalized spacial score (nSPS) is 10.3. The summed E-state index contributed by atoms with van der Waals surface area (Å²) in [6.45, 7) is 2.71. The van der Waals surface area contributed by atoms with Gasteiger partial charge in [-0.2, -0.15) is 5.10 Å². The molecule has 2 heterocycles. The highest BCUT2D eigenvalue weighted by Gasteiger charge is 2.02. The number of hydrogen-bond donors (Lipinski definition) is 2. The number of rotatable bonds is 3. The number of nitrogens with zero attached hydrogens (tertiary/aromatic N) is 3. The van der Waals surface area contributed by atoms with Gasteiger partial charge >= 0.3 is 0 Å². The second kappa shape index (κ2) is 4.56. The van der Waals surface area contributed by atoms with Crippen molar-refractivity contribution in [1.29, 1.82) is 0 Å². The van der Waals surface area contributed by atoms with Gasteiger partial charge in [0.1, 0.15) is 12.1 Å². The third kappa shape index (κ3) is 2.44. The van der Waals surface area contributed by atoms with Crippen molar-refractivity contribution >= 4 is 28.4 Å². The van der Waals surface area contributed by atoms with E-state index in [-0.39, 0.29) is 0 Å². The van der Waals surface area contributed by atoms with E-state index in [0.717, 1.165) is 27.2 Å². The molecule has 0 unspecified atom stereocenters. The van der Waals surface area contributed by atoms with Crippen molar-refractivity contribution in [2.24, 2.45) is 0 Å². The summed E-state index contributed by atoms with van der Waals surface area (Å²) in [6, 6.07) is 0. The lowest BCUT2D eigenvalue weighted by Gasteiger charge is -2.05. The first-order valence-electron chi connectivity index (χ1n) is 4.45. The second-order valence-electron chi connectivity index (χ2n) is 3.09. The molecule has 5 nitrogen and oxygen atoms in total. The maximum atomic E-state index is 4.15. The third-order valence-electron chi connectivity index (χ3n) is 2.05. The molecule has 0 spiro atoms. The Kier molecular flexibility index (Phi) is 3.14. The number of aromatic nitrogens is 4. The summed E-state index contributed by atoms with van der Waals surface area (Å²) in [7, 11) is 0. The molecule has 2 N–H and O–H groups in total. The van der Waals surface area contributed by atoms with E-state index in [1.54, 1.807) is 6.20 Å². The SMILES string of the molecule is Cc1[nH]ncc1CNc1ncncc1I. The molecule has 0 radical (unpaired) electrons. The molecule has 0 fully saturated rings. The summed E-state index contributed by atoms with van der Waals surface area (Å²) in [4.78, 5) is 8.08. The van der Waals surface area contributed by atoms with E-state index < -0.39 is 0 Å². The first-order chi connectivity index (χ1) is 7.27. The van der Waals surface area contributed by atoms with Crippen LogP contribution in [0.5, 0.6) is 0 Å². The fourth-order valence-electron chi connectivity index (χ4n) is 1.18. The predicted octanol–water partition coefficient (Wildman–Crippen LogP) is 1.72. The fraction of sp³-hybridized carbons (Fsp3) is 0.222. The van der Waals surface area contributed by atoms with Gasteiger partial charge in [-0.05, 0) is 29.5 Å². The monoisotopic (exact) mass is 315 g/mol. The Balaban J connectivity index is 2.06. The van der Waals surface area contributed by atoms with E-state index in [9.17, 15) is 0 Å². The maximum absolute atomic E-state index is 4.15. The zero-order valence-electron chi connectivity index (χ0n) is 8.16. The lowest BCUT2D eigenvalue weighted by atomic mass is 10.2. The molecule has 0 aromatic carbocycles. The van der Waals surface area contributed by atoms with Crippen LogP contribution >= 0.6 is 22.6 Å². The molecule has 0 saturated heterocycles. The molecule has 2 rings (SSSR count). The van der Waals surface area contributed by atoms with Crippen molar-refractivity contribution in [3.05, 3.63) is 33.5 Å². The zero-order chi connectivity index (χ0) is 10.7. The van der Waals surface area contributed by atoms with Gasteiger partial charge in [0.15, 0.2) is 0 Å². The minimum Gasteiger partial charge on any atom is -0.365 e. The van der Waals surface area contributed by atoms with Gasteiger partial charge in [0.2, 0.25) is 0 Å². The molecule has 0 amide bonds. The van der Waals surface area contributed by atoms with Crippen molar-refractivity contribution in [2.75, 3.05) is 5.32 Å². The number of anilines is 1. The lowest BCUT2D eigenvalue weighted by Crippen LogP contribution is -2.03. The molecule has 2 aromatic rings.